The van der Waals surface area contributed by atoms with Gasteiger partial charge in [-0.1, -0.05) is 43.3 Å². The fourth-order valence-electron chi connectivity index (χ4n) is 3.59. The lowest BCUT2D eigenvalue weighted by molar-refractivity contribution is -0.384. The molecule has 7 nitrogen and oxygen atoms in total. The fourth-order valence-corrected chi connectivity index (χ4v) is 4.51. The van der Waals surface area contributed by atoms with E-state index in [1.807, 2.05) is 62.5 Å². The zero-order valence-electron chi connectivity index (χ0n) is 19.6. The highest BCUT2D eigenvalue weighted by Crippen LogP contribution is 2.21. The van der Waals surface area contributed by atoms with Crippen LogP contribution in [0.5, 0.6) is 0 Å². The maximum Gasteiger partial charge on any atom is 0.270 e. The van der Waals surface area contributed by atoms with E-state index in [0.717, 1.165) is 16.0 Å². The number of benzene rings is 2. The maximum absolute atomic E-state index is 13.6. The third-order valence-corrected chi connectivity index (χ3v) is 6.87. The number of hydrogen-bond donors (Lipinski definition) is 0. The first-order chi connectivity index (χ1) is 16.3. The largest absolute Gasteiger partial charge is 0.332 e. The van der Waals surface area contributed by atoms with E-state index in [-0.39, 0.29) is 29.7 Å². The van der Waals surface area contributed by atoms with Crippen molar-refractivity contribution in [2.24, 2.45) is 0 Å². The summed E-state index contributed by atoms with van der Waals surface area (Å²) in [6.45, 7) is 6.63. The number of rotatable bonds is 10. The Kier molecular flexibility index (Phi) is 8.54. The van der Waals surface area contributed by atoms with Crippen LogP contribution in [0, 0.1) is 17.0 Å². The molecule has 1 heterocycles. The SMILES string of the molecule is CC[C@@H](C)N(CC(=O)N(Cc1ccccc1)Cc1sccc1C)C(=O)c1cccc([N+](=O)[O-])c1. The van der Waals surface area contributed by atoms with E-state index in [1.54, 1.807) is 22.3 Å². The Balaban J connectivity index is 1.87. The van der Waals surface area contributed by atoms with Gasteiger partial charge >= 0.3 is 0 Å². The first-order valence-corrected chi connectivity index (χ1v) is 12.1. The fraction of sp³-hybridized carbons (Fsp3) is 0.308. The molecule has 0 radical (unpaired) electrons. The van der Waals surface area contributed by atoms with Crippen LogP contribution in [-0.2, 0) is 17.9 Å². The normalized spacial score (nSPS) is 11.6. The summed E-state index contributed by atoms with van der Waals surface area (Å²) in [7, 11) is 0. The predicted molar refractivity (Wildman–Crippen MR) is 134 cm³/mol. The topological polar surface area (TPSA) is 83.8 Å². The van der Waals surface area contributed by atoms with Crippen molar-refractivity contribution in [3.63, 3.8) is 0 Å². The van der Waals surface area contributed by atoms with Crippen LogP contribution < -0.4 is 0 Å². The lowest BCUT2D eigenvalue weighted by Gasteiger charge is -2.31. The number of amides is 2. The Hall–Kier alpha value is -3.52. The zero-order valence-corrected chi connectivity index (χ0v) is 20.5. The highest BCUT2D eigenvalue weighted by atomic mass is 32.1. The number of nitrogens with zero attached hydrogens (tertiary/aromatic N) is 3. The third kappa shape index (κ3) is 6.29. The summed E-state index contributed by atoms with van der Waals surface area (Å²) in [6, 6.07) is 17.2. The third-order valence-electron chi connectivity index (χ3n) is 5.86. The molecule has 0 bridgehead atoms. The van der Waals surface area contributed by atoms with Crippen LogP contribution in [-0.4, -0.2) is 39.1 Å². The minimum atomic E-state index is -0.527. The second-order valence-corrected chi connectivity index (χ2v) is 9.26. The van der Waals surface area contributed by atoms with E-state index in [1.165, 1.54) is 23.1 Å². The summed E-state index contributed by atoms with van der Waals surface area (Å²) in [4.78, 5) is 41.9. The van der Waals surface area contributed by atoms with Crippen molar-refractivity contribution in [3.05, 3.63) is 97.7 Å². The molecule has 0 unspecified atom stereocenters. The average molecular weight is 480 g/mol. The van der Waals surface area contributed by atoms with Crippen LogP contribution in [0.1, 0.15) is 46.6 Å². The standard InChI is InChI=1S/C26H29N3O4S/c1-4-20(3)28(26(31)22-11-8-12-23(15-22)29(32)33)18-25(30)27(16-21-9-6-5-7-10-21)17-24-19(2)13-14-34-24/h5-15,20H,4,16-18H2,1-3H3/t20-/m1/s1. The van der Waals surface area contributed by atoms with Crippen molar-refractivity contribution in [1.82, 2.24) is 9.80 Å². The molecule has 0 fully saturated rings. The lowest BCUT2D eigenvalue weighted by Crippen LogP contribution is -2.46. The van der Waals surface area contributed by atoms with Crippen molar-refractivity contribution in [3.8, 4) is 0 Å². The summed E-state index contributed by atoms with van der Waals surface area (Å²) < 4.78 is 0. The minimum Gasteiger partial charge on any atom is -0.332 e. The smallest absolute Gasteiger partial charge is 0.270 e. The summed E-state index contributed by atoms with van der Waals surface area (Å²) >= 11 is 1.60. The van der Waals surface area contributed by atoms with Gasteiger partial charge in [-0.3, -0.25) is 19.7 Å². The molecule has 1 aromatic heterocycles. The molecule has 8 heteroatoms. The van der Waals surface area contributed by atoms with Crippen molar-refractivity contribution in [1.29, 1.82) is 0 Å². The van der Waals surface area contributed by atoms with Crippen LogP contribution in [0.15, 0.2) is 66.0 Å². The number of non-ortho nitro benzene ring substituents is 1. The molecule has 3 aromatic rings. The summed E-state index contributed by atoms with van der Waals surface area (Å²) in [6.07, 6.45) is 0.649. The van der Waals surface area contributed by atoms with E-state index >= 15 is 0 Å². The molecule has 1 atom stereocenters. The molecule has 0 aliphatic heterocycles. The van der Waals surface area contributed by atoms with Gasteiger partial charge in [-0.25, -0.2) is 0 Å². The van der Waals surface area contributed by atoms with Crippen LogP contribution >= 0.6 is 11.3 Å². The van der Waals surface area contributed by atoms with Crippen molar-refractivity contribution in [2.45, 2.75) is 46.3 Å². The summed E-state index contributed by atoms with van der Waals surface area (Å²) in [5.74, 6) is -0.561. The van der Waals surface area contributed by atoms with E-state index in [0.29, 0.717) is 19.5 Å². The van der Waals surface area contributed by atoms with Gasteiger partial charge in [-0.2, -0.15) is 0 Å². The number of hydrogen-bond acceptors (Lipinski definition) is 5. The molecular weight excluding hydrogens is 450 g/mol. The second kappa shape index (κ2) is 11.6. The Morgan fingerprint density at radius 3 is 2.41 bits per heavy atom. The van der Waals surface area contributed by atoms with Crippen molar-refractivity contribution in [2.75, 3.05) is 6.54 Å². The van der Waals surface area contributed by atoms with Crippen LogP contribution in [0.25, 0.3) is 0 Å². The number of thiophene rings is 1. The van der Waals surface area contributed by atoms with Crippen LogP contribution in [0.3, 0.4) is 0 Å². The number of aryl methyl sites for hydroxylation is 1. The van der Waals surface area contributed by atoms with E-state index < -0.39 is 10.8 Å². The highest BCUT2D eigenvalue weighted by molar-refractivity contribution is 7.10. The second-order valence-electron chi connectivity index (χ2n) is 8.26. The van der Waals surface area contributed by atoms with Gasteiger partial charge in [0.25, 0.3) is 11.6 Å². The van der Waals surface area contributed by atoms with Gasteiger partial charge in [-0.15, -0.1) is 11.3 Å². The van der Waals surface area contributed by atoms with Gasteiger partial charge in [0, 0.05) is 35.2 Å². The van der Waals surface area contributed by atoms with Gasteiger partial charge in [0.1, 0.15) is 6.54 Å². The molecule has 0 spiro atoms. The molecule has 0 aliphatic rings. The van der Waals surface area contributed by atoms with Crippen molar-refractivity contribution < 1.29 is 14.5 Å². The highest BCUT2D eigenvalue weighted by Gasteiger charge is 2.27. The van der Waals surface area contributed by atoms with Gasteiger partial charge in [0.05, 0.1) is 11.5 Å². The number of carbonyl (C=O) groups excluding carboxylic acids is 2. The first kappa shape index (κ1) is 25.1. The molecule has 178 valence electrons. The van der Waals surface area contributed by atoms with Crippen molar-refractivity contribution >= 4 is 28.8 Å². The van der Waals surface area contributed by atoms with E-state index in [2.05, 4.69) is 0 Å². The number of carbonyl (C=O) groups is 2. The Bertz CT molecular complexity index is 1150. The Morgan fingerprint density at radius 1 is 1.06 bits per heavy atom. The molecule has 2 amide bonds. The molecule has 0 saturated carbocycles. The van der Waals surface area contributed by atoms with E-state index in [9.17, 15) is 19.7 Å². The maximum atomic E-state index is 13.6. The average Bonchev–Trinajstić information content (AvgIpc) is 3.25. The molecule has 0 N–H and O–H groups in total. The molecule has 3 rings (SSSR count). The predicted octanol–water partition coefficient (Wildman–Crippen LogP) is 5.43. The van der Waals surface area contributed by atoms with Gasteiger partial charge in [0.15, 0.2) is 0 Å². The molecular formula is C26H29N3O4S. The molecule has 34 heavy (non-hydrogen) atoms. The van der Waals surface area contributed by atoms with Gasteiger partial charge < -0.3 is 9.80 Å². The Morgan fingerprint density at radius 2 is 1.79 bits per heavy atom. The number of nitro groups is 1. The number of nitro benzene ring substituents is 1. The van der Waals surface area contributed by atoms with E-state index in [4.69, 9.17) is 0 Å². The summed E-state index contributed by atoms with van der Waals surface area (Å²) in [5, 5.41) is 13.2. The molecule has 0 saturated heterocycles. The Labute approximate surface area is 203 Å². The molecule has 2 aromatic carbocycles. The monoisotopic (exact) mass is 479 g/mol. The minimum absolute atomic E-state index is 0.103. The first-order valence-electron chi connectivity index (χ1n) is 11.2. The summed E-state index contributed by atoms with van der Waals surface area (Å²) in [5.41, 5.74) is 2.18. The lowest BCUT2D eigenvalue weighted by atomic mass is 10.1. The van der Waals surface area contributed by atoms with Crippen LogP contribution in [0.2, 0.25) is 0 Å². The zero-order chi connectivity index (χ0) is 24.7. The van der Waals surface area contributed by atoms with Crippen LogP contribution in [0.4, 0.5) is 5.69 Å². The molecule has 0 aliphatic carbocycles. The van der Waals surface area contributed by atoms with Gasteiger partial charge in [-0.05, 0) is 48.9 Å². The van der Waals surface area contributed by atoms with Gasteiger partial charge in [0.2, 0.25) is 5.91 Å². The quantitative estimate of drug-likeness (QED) is 0.287.